The molecular formula is C12H19N3O. The fraction of sp³-hybridized carbons (Fsp3) is 0.667. The molecule has 2 heterocycles. The van der Waals surface area contributed by atoms with Crippen LogP contribution in [-0.2, 0) is 4.74 Å². The number of ether oxygens (including phenoxy) is 1. The number of rotatable bonds is 4. The van der Waals surface area contributed by atoms with Crippen molar-refractivity contribution in [1.82, 2.24) is 9.97 Å². The van der Waals surface area contributed by atoms with E-state index in [1.807, 2.05) is 13.8 Å². The SMILES string of the molecule is Cc1ncc(NCCC2CCOC2)nc1C. The zero-order valence-corrected chi connectivity index (χ0v) is 9.99. The standard InChI is InChI=1S/C12H19N3O/c1-9-10(2)15-12(7-14-9)13-5-3-11-4-6-16-8-11/h7,11H,3-6,8H2,1-2H3,(H,13,15). The van der Waals surface area contributed by atoms with Gasteiger partial charge in [-0.2, -0.15) is 0 Å². The van der Waals surface area contributed by atoms with E-state index in [4.69, 9.17) is 4.74 Å². The van der Waals surface area contributed by atoms with E-state index in [0.717, 1.165) is 43.4 Å². The van der Waals surface area contributed by atoms with Gasteiger partial charge in [0.05, 0.1) is 17.6 Å². The van der Waals surface area contributed by atoms with Crippen LogP contribution in [0, 0.1) is 19.8 Å². The molecule has 1 unspecified atom stereocenters. The number of aryl methyl sites for hydroxylation is 2. The van der Waals surface area contributed by atoms with E-state index in [2.05, 4.69) is 15.3 Å². The summed E-state index contributed by atoms with van der Waals surface area (Å²) < 4.78 is 5.34. The van der Waals surface area contributed by atoms with Crippen LogP contribution in [0.3, 0.4) is 0 Å². The van der Waals surface area contributed by atoms with Crippen LogP contribution in [-0.4, -0.2) is 29.7 Å². The molecule has 0 saturated carbocycles. The van der Waals surface area contributed by atoms with Gasteiger partial charge in [-0.3, -0.25) is 4.98 Å². The number of aromatic nitrogens is 2. The summed E-state index contributed by atoms with van der Waals surface area (Å²) in [6, 6.07) is 0. The summed E-state index contributed by atoms with van der Waals surface area (Å²) in [5.41, 5.74) is 1.99. The lowest BCUT2D eigenvalue weighted by molar-refractivity contribution is 0.185. The Morgan fingerprint density at radius 3 is 3.00 bits per heavy atom. The zero-order valence-electron chi connectivity index (χ0n) is 9.99. The minimum atomic E-state index is 0.715. The largest absolute Gasteiger partial charge is 0.381 e. The van der Waals surface area contributed by atoms with Crippen molar-refractivity contribution in [2.45, 2.75) is 26.7 Å². The Bertz CT molecular complexity index is 348. The molecule has 1 aliphatic heterocycles. The maximum Gasteiger partial charge on any atom is 0.144 e. The van der Waals surface area contributed by atoms with Gasteiger partial charge in [-0.05, 0) is 32.6 Å². The van der Waals surface area contributed by atoms with Gasteiger partial charge in [-0.1, -0.05) is 0 Å². The van der Waals surface area contributed by atoms with E-state index in [1.165, 1.54) is 6.42 Å². The molecule has 1 aliphatic rings. The molecular weight excluding hydrogens is 202 g/mol. The predicted octanol–water partition coefficient (Wildman–Crippen LogP) is 1.93. The van der Waals surface area contributed by atoms with Gasteiger partial charge in [0.1, 0.15) is 5.82 Å². The lowest BCUT2D eigenvalue weighted by atomic mass is 10.1. The van der Waals surface area contributed by atoms with Crippen molar-refractivity contribution < 1.29 is 4.74 Å². The second-order valence-electron chi connectivity index (χ2n) is 4.37. The average Bonchev–Trinajstić information content (AvgIpc) is 2.76. The van der Waals surface area contributed by atoms with Gasteiger partial charge in [0.25, 0.3) is 0 Å². The van der Waals surface area contributed by atoms with Gasteiger partial charge >= 0.3 is 0 Å². The van der Waals surface area contributed by atoms with Crippen LogP contribution in [0.5, 0.6) is 0 Å². The third-order valence-corrected chi connectivity index (χ3v) is 3.07. The lowest BCUT2D eigenvalue weighted by Gasteiger charge is -2.09. The molecule has 1 saturated heterocycles. The van der Waals surface area contributed by atoms with E-state index in [9.17, 15) is 0 Å². The summed E-state index contributed by atoms with van der Waals surface area (Å²) in [5, 5.41) is 3.31. The molecule has 16 heavy (non-hydrogen) atoms. The second-order valence-corrected chi connectivity index (χ2v) is 4.37. The molecule has 88 valence electrons. The van der Waals surface area contributed by atoms with Crippen LogP contribution in [0.25, 0.3) is 0 Å². The number of anilines is 1. The first-order valence-corrected chi connectivity index (χ1v) is 5.87. The molecule has 4 nitrogen and oxygen atoms in total. The smallest absolute Gasteiger partial charge is 0.144 e. The highest BCUT2D eigenvalue weighted by molar-refractivity contribution is 5.33. The molecule has 0 aliphatic carbocycles. The maximum absolute atomic E-state index is 5.34. The van der Waals surface area contributed by atoms with Crippen molar-refractivity contribution >= 4 is 5.82 Å². The minimum absolute atomic E-state index is 0.715. The molecule has 0 amide bonds. The van der Waals surface area contributed by atoms with E-state index < -0.39 is 0 Å². The lowest BCUT2D eigenvalue weighted by Crippen LogP contribution is -2.10. The Labute approximate surface area is 96.4 Å². The topological polar surface area (TPSA) is 47.0 Å². The first-order valence-electron chi connectivity index (χ1n) is 5.87. The summed E-state index contributed by atoms with van der Waals surface area (Å²) in [7, 11) is 0. The zero-order chi connectivity index (χ0) is 11.4. The van der Waals surface area contributed by atoms with Crippen molar-refractivity contribution in [2.24, 2.45) is 5.92 Å². The van der Waals surface area contributed by atoms with Crippen molar-refractivity contribution in [2.75, 3.05) is 25.1 Å². The first-order chi connectivity index (χ1) is 7.75. The van der Waals surface area contributed by atoms with Crippen molar-refractivity contribution in [1.29, 1.82) is 0 Å². The van der Waals surface area contributed by atoms with Gasteiger partial charge in [0.15, 0.2) is 0 Å². The Morgan fingerprint density at radius 2 is 2.31 bits per heavy atom. The van der Waals surface area contributed by atoms with Crippen LogP contribution >= 0.6 is 0 Å². The van der Waals surface area contributed by atoms with Crippen molar-refractivity contribution in [3.63, 3.8) is 0 Å². The predicted molar refractivity (Wildman–Crippen MR) is 63.5 cm³/mol. The summed E-state index contributed by atoms with van der Waals surface area (Å²) in [6.07, 6.45) is 4.14. The molecule has 1 N–H and O–H groups in total. The highest BCUT2D eigenvalue weighted by atomic mass is 16.5. The van der Waals surface area contributed by atoms with Gasteiger partial charge in [0.2, 0.25) is 0 Å². The quantitative estimate of drug-likeness (QED) is 0.844. The van der Waals surface area contributed by atoms with Crippen LogP contribution < -0.4 is 5.32 Å². The second kappa shape index (κ2) is 5.25. The van der Waals surface area contributed by atoms with Crippen LogP contribution in [0.2, 0.25) is 0 Å². The molecule has 2 rings (SSSR count). The molecule has 0 bridgehead atoms. The normalized spacial score (nSPS) is 20.0. The Balaban J connectivity index is 1.78. The molecule has 1 atom stereocenters. The number of nitrogens with zero attached hydrogens (tertiary/aromatic N) is 2. The molecule has 0 aromatic carbocycles. The van der Waals surface area contributed by atoms with Gasteiger partial charge in [-0.25, -0.2) is 4.98 Å². The van der Waals surface area contributed by atoms with E-state index in [-0.39, 0.29) is 0 Å². The third-order valence-electron chi connectivity index (χ3n) is 3.07. The fourth-order valence-corrected chi connectivity index (χ4v) is 1.84. The molecule has 1 fully saturated rings. The van der Waals surface area contributed by atoms with Crippen molar-refractivity contribution in [3.05, 3.63) is 17.6 Å². The summed E-state index contributed by atoms with van der Waals surface area (Å²) >= 11 is 0. The number of nitrogens with one attached hydrogen (secondary N) is 1. The highest BCUT2D eigenvalue weighted by Gasteiger charge is 2.14. The fourth-order valence-electron chi connectivity index (χ4n) is 1.84. The monoisotopic (exact) mass is 221 g/mol. The number of hydrogen-bond donors (Lipinski definition) is 1. The molecule has 0 spiro atoms. The summed E-state index contributed by atoms with van der Waals surface area (Å²) in [4.78, 5) is 8.71. The minimum Gasteiger partial charge on any atom is -0.381 e. The Morgan fingerprint density at radius 1 is 1.44 bits per heavy atom. The van der Waals surface area contributed by atoms with Gasteiger partial charge in [-0.15, -0.1) is 0 Å². The van der Waals surface area contributed by atoms with Crippen LogP contribution in [0.15, 0.2) is 6.20 Å². The third kappa shape index (κ3) is 2.92. The van der Waals surface area contributed by atoms with Crippen molar-refractivity contribution in [3.8, 4) is 0 Å². The summed E-state index contributed by atoms with van der Waals surface area (Å²) in [5.74, 6) is 1.59. The molecule has 4 heteroatoms. The number of hydrogen-bond acceptors (Lipinski definition) is 4. The first kappa shape index (κ1) is 11.3. The van der Waals surface area contributed by atoms with E-state index >= 15 is 0 Å². The Hall–Kier alpha value is -1.16. The van der Waals surface area contributed by atoms with Crippen LogP contribution in [0.1, 0.15) is 24.2 Å². The highest BCUT2D eigenvalue weighted by Crippen LogP contribution is 2.16. The molecule has 1 aromatic rings. The summed E-state index contributed by atoms with van der Waals surface area (Å²) in [6.45, 7) is 6.75. The van der Waals surface area contributed by atoms with Crippen LogP contribution in [0.4, 0.5) is 5.82 Å². The molecule has 0 radical (unpaired) electrons. The molecule has 1 aromatic heterocycles. The van der Waals surface area contributed by atoms with E-state index in [0.29, 0.717) is 5.92 Å². The van der Waals surface area contributed by atoms with Gasteiger partial charge < -0.3 is 10.1 Å². The van der Waals surface area contributed by atoms with Gasteiger partial charge in [0, 0.05) is 19.8 Å². The van der Waals surface area contributed by atoms with E-state index in [1.54, 1.807) is 6.20 Å². The Kier molecular flexibility index (Phi) is 3.72. The average molecular weight is 221 g/mol. The maximum atomic E-state index is 5.34.